The standard InChI is InChI=1S/C12H17BrO5S/c1-16-10-6-9(8-13)7-11(17-2)12(10)18-4-5-19(3,14)15/h6-7H,4-5,8H2,1-3H3. The van der Waals surface area contributed by atoms with Gasteiger partial charge in [-0.05, 0) is 17.7 Å². The lowest BCUT2D eigenvalue weighted by molar-refractivity contribution is 0.289. The Morgan fingerprint density at radius 1 is 1.16 bits per heavy atom. The molecule has 0 unspecified atom stereocenters. The van der Waals surface area contributed by atoms with E-state index in [2.05, 4.69) is 15.9 Å². The average molecular weight is 353 g/mol. The maximum Gasteiger partial charge on any atom is 0.203 e. The molecule has 1 rings (SSSR count). The highest BCUT2D eigenvalue weighted by Gasteiger charge is 2.14. The maximum atomic E-state index is 11.1. The first-order valence-corrected chi connectivity index (χ1v) is 8.71. The van der Waals surface area contributed by atoms with Crippen LogP contribution in [0, 0.1) is 0 Å². The lowest BCUT2D eigenvalue weighted by Crippen LogP contribution is -2.13. The zero-order valence-corrected chi connectivity index (χ0v) is 13.5. The van der Waals surface area contributed by atoms with Gasteiger partial charge in [-0.25, -0.2) is 8.42 Å². The van der Waals surface area contributed by atoms with Gasteiger partial charge in [0.25, 0.3) is 0 Å². The van der Waals surface area contributed by atoms with Gasteiger partial charge in [-0.15, -0.1) is 0 Å². The van der Waals surface area contributed by atoms with Crippen LogP contribution in [0.1, 0.15) is 5.56 Å². The molecule has 0 bridgehead atoms. The molecule has 0 amide bonds. The van der Waals surface area contributed by atoms with Crippen molar-refractivity contribution in [1.82, 2.24) is 0 Å². The molecular weight excluding hydrogens is 336 g/mol. The third-order valence-electron chi connectivity index (χ3n) is 2.38. The molecule has 1 aromatic rings. The van der Waals surface area contributed by atoms with Gasteiger partial charge in [0, 0.05) is 11.6 Å². The first-order chi connectivity index (χ1) is 8.91. The second-order valence-electron chi connectivity index (χ2n) is 3.94. The number of ether oxygens (including phenoxy) is 3. The van der Waals surface area contributed by atoms with Crippen LogP contribution in [0.25, 0.3) is 0 Å². The molecule has 5 nitrogen and oxygen atoms in total. The average Bonchev–Trinajstić information content (AvgIpc) is 2.37. The minimum atomic E-state index is -3.06. The van der Waals surface area contributed by atoms with E-state index in [-0.39, 0.29) is 12.4 Å². The highest BCUT2D eigenvalue weighted by molar-refractivity contribution is 9.08. The van der Waals surface area contributed by atoms with Crippen LogP contribution >= 0.6 is 15.9 Å². The summed E-state index contributed by atoms with van der Waals surface area (Å²) >= 11 is 3.36. The van der Waals surface area contributed by atoms with Gasteiger partial charge in [-0.2, -0.15) is 0 Å². The zero-order chi connectivity index (χ0) is 14.5. The number of hydrogen-bond donors (Lipinski definition) is 0. The van der Waals surface area contributed by atoms with E-state index in [4.69, 9.17) is 14.2 Å². The molecule has 0 aromatic heterocycles. The fourth-order valence-corrected chi connectivity index (χ4v) is 2.16. The van der Waals surface area contributed by atoms with E-state index in [0.717, 1.165) is 5.56 Å². The van der Waals surface area contributed by atoms with Crippen LogP contribution in [0.15, 0.2) is 12.1 Å². The Morgan fingerprint density at radius 3 is 2.05 bits per heavy atom. The van der Waals surface area contributed by atoms with Crippen LogP contribution in [0.5, 0.6) is 17.2 Å². The summed E-state index contributed by atoms with van der Waals surface area (Å²) in [5.41, 5.74) is 0.976. The SMILES string of the molecule is COc1cc(CBr)cc(OC)c1OCCS(C)(=O)=O. The minimum absolute atomic E-state index is 0.0548. The van der Waals surface area contributed by atoms with Gasteiger partial charge in [-0.3, -0.25) is 0 Å². The lowest BCUT2D eigenvalue weighted by atomic mass is 10.2. The van der Waals surface area contributed by atoms with Crippen molar-refractivity contribution in [2.45, 2.75) is 5.33 Å². The Labute approximate surface area is 121 Å². The number of methoxy groups -OCH3 is 2. The molecule has 7 heteroatoms. The Hall–Kier alpha value is -0.950. The van der Waals surface area contributed by atoms with Gasteiger partial charge in [0.2, 0.25) is 5.75 Å². The molecule has 0 fully saturated rings. The fraction of sp³-hybridized carbons (Fsp3) is 0.500. The van der Waals surface area contributed by atoms with Crippen LogP contribution in [0.4, 0.5) is 0 Å². The summed E-state index contributed by atoms with van der Waals surface area (Å²) in [4.78, 5) is 0. The highest BCUT2D eigenvalue weighted by Crippen LogP contribution is 2.39. The summed E-state index contributed by atoms with van der Waals surface area (Å²) in [5.74, 6) is 1.39. The number of sulfone groups is 1. The minimum Gasteiger partial charge on any atom is -0.493 e. The van der Waals surface area contributed by atoms with Crippen molar-refractivity contribution in [2.75, 3.05) is 32.8 Å². The van der Waals surface area contributed by atoms with Crippen molar-refractivity contribution < 1.29 is 22.6 Å². The second-order valence-corrected chi connectivity index (χ2v) is 6.76. The van der Waals surface area contributed by atoms with E-state index in [0.29, 0.717) is 22.6 Å². The van der Waals surface area contributed by atoms with Crippen molar-refractivity contribution in [1.29, 1.82) is 0 Å². The van der Waals surface area contributed by atoms with Gasteiger partial charge < -0.3 is 14.2 Å². The van der Waals surface area contributed by atoms with Crippen molar-refractivity contribution in [2.24, 2.45) is 0 Å². The molecule has 1 aromatic carbocycles. The molecule has 19 heavy (non-hydrogen) atoms. The molecule has 0 N–H and O–H groups in total. The van der Waals surface area contributed by atoms with Crippen molar-refractivity contribution in [3.05, 3.63) is 17.7 Å². The van der Waals surface area contributed by atoms with Crippen LogP contribution in [-0.4, -0.2) is 41.3 Å². The molecular formula is C12H17BrO5S. The molecule has 0 heterocycles. The van der Waals surface area contributed by atoms with E-state index in [1.807, 2.05) is 12.1 Å². The molecule has 0 saturated heterocycles. The van der Waals surface area contributed by atoms with Crippen LogP contribution in [0.2, 0.25) is 0 Å². The van der Waals surface area contributed by atoms with Gasteiger partial charge in [-0.1, -0.05) is 15.9 Å². The number of halogens is 1. The van der Waals surface area contributed by atoms with E-state index in [9.17, 15) is 8.42 Å². The van der Waals surface area contributed by atoms with E-state index < -0.39 is 9.84 Å². The molecule has 0 aliphatic heterocycles. The predicted octanol–water partition coefficient (Wildman–Crippen LogP) is 2.02. The van der Waals surface area contributed by atoms with E-state index >= 15 is 0 Å². The molecule has 0 atom stereocenters. The van der Waals surface area contributed by atoms with E-state index in [1.165, 1.54) is 20.5 Å². The highest BCUT2D eigenvalue weighted by atomic mass is 79.9. The summed E-state index contributed by atoms with van der Waals surface area (Å²) in [6, 6.07) is 3.63. The Bertz CT molecular complexity index is 502. The summed E-state index contributed by atoms with van der Waals surface area (Å²) in [6.07, 6.45) is 1.17. The van der Waals surface area contributed by atoms with Crippen molar-refractivity contribution in [3.8, 4) is 17.2 Å². The number of benzene rings is 1. The summed E-state index contributed by atoms with van der Waals surface area (Å²) in [5, 5.41) is 0.656. The van der Waals surface area contributed by atoms with Gasteiger partial charge in [0.1, 0.15) is 6.61 Å². The second kappa shape index (κ2) is 7.00. The van der Waals surface area contributed by atoms with Crippen LogP contribution < -0.4 is 14.2 Å². The molecule has 0 saturated carbocycles. The number of rotatable bonds is 7. The summed E-state index contributed by atoms with van der Waals surface area (Å²) in [7, 11) is -0.0123. The fourth-order valence-electron chi connectivity index (χ4n) is 1.45. The molecule has 0 aliphatic rings. The normalized spacial score (nSPS) is 11.2. The molecule has 0 aliphatic carbocycles. The van der Waals surface area contributed by atoms with Gasteiger partial charge in [0.15, 0.2) is 21.3 Å². The molecule has 0 spiro atoms. The Balaban J connectivity index is 2.97. The monoisotopic (exact) mass is 352 g/mol. The Morgan fingerprint density at radius 2 is 1.68 bits per heavy atom. The van der Waals surface area contributed by atoms with Crippen LogP contribution in [0.3, 0.4) is 0 Å². The number of alkyl halides is 1. The third kappa shape index (κ3) is 4.91. The van der Waals surface area contributed by atoms with Gasteiger partial charge >= 0.3 is 0 Å². The van der Waals surface area contributed by atoms with Crippen molar-refractivity contribution >= 4 is 25.8 Å². The smallest absolute Gasteiger partial charge is 0.203 e. The van der Waals surface area contributed by atoms with Crippen molar-refractivity contribution in [3.63, 3.8) is 0 Å². The van der Waals surface area contributed by atoms with Crippen LogP contribution in [-0.2, 0) is 15.2 Å². The molecule has 0 radical (unpaired) electrons. The topological polar surface area (TPSA) is 61.8 Å². The lowest BCUT2D eigenvalue weighted by Gasteiger charge is -2.15. The first kappa shape index (κ1) is 16.1. The first-order valence-electron chi connectivity index (χ1n) is 5.52. The quantitative estimate of drug-likeness (QED) is 0.702. The predicted molar refractivity (Wildman–Crippen MR) is 77.4 cm³/mol. The molecule has 108 valence electrons. The largest absolute Gasteiger partial charge is 0.493 e. The van der Waals surface area contributed by atoms with Gasteiger partial charge in [0.05, 0.1) is 20.0 Å². The zero-order valence-electron chi connectivity index (χ0n) is 11.1. The maximum absolute atomic E-state index is 11.1. The Kier molecular flexibility index (Phi) is 5.93. The third-order valence-corrected chi connectivity index (χ3v) is 3.93. The number of hydrogen-bond acceptors (Lipinski definition) is 5. The summed E-state index contributed by atoms with van der Waals surface area (Å²) in [6.45, 7) is 0.0548. The van der Waals surface area contributed by atoms with E-state index in [1.54, 1.807) is 0 Å². The summed E-state index contributed by atoms with van der Waals surface area (Å²) < 4.78 is 38.1.